The van der Waals surface area contributed by atoms with Gasteiger partial charge in [-0.15, -0.1) is 0 Å². The lowest BCUT2D eigenvalue weighted by atomic mass is 10.2. The summed E-state index contributed by atoms with van der Waals surface area (Å²) in [5.41, 5.74) is 1.15. The highest BCUT2D eigenvalue weighted by atomic mass is 127. The van der Waals surface area contributed by atoms with E-state index < -0.39 is 0 Å². The normalized spacial score (nSPS) is 15.6. The number of nitrogens with one attached hydrogen (secondary N) is 1. The first-order valence-corrected chi connectivity index (χ1v) is 7.97. The predicted octanol–water partition coefficient (Wildman–Crippen LogP) is 2.30. The maximum atomic E-state index is 5.39. The molecule has 0 amide bonds. The number of aromatic nitrogens is 2. The molecule has 0 aliphatic carbocycles. The van der Waals surface area contributed by atoms with Crippen molar-refractivity contribution in [2.75, 3.05) is 43.1 Å². The zero-order valence-electron chi connectivity index (χ0n) is 11.6. The molecule has 1 aromatic heterocycles. The van der Waals surface area contributed by atoms with E-state index in [2.05, 4.69) is 51.6 Å². The van der Waals surface area contributed by atoms with Crippen LogP contribution in [-0.4, -0.2) is 42.8 Å². The minimum absolute atomic E-state index is 0.759. The number of hydrogen-bond donors (Lipinski definition) is 1. The molecule has 0 unspecified atom stereocenters. The number of morpholine rings is 1. The van der Waals surface area contributed by atoms with Crippen LogP contribution in [0.2, 0.25) is 0 Å². The quantitative estimate of drug-likeness (QED) is 0.800. The van der Waals surface area contributed by atoms with Gasteiger partial charge in [0.05, 0.1) is 22.5 Å². The molecule has 1 fully saturated rings. The molecule has 2 rings (SSSR count). The molecule has 1 N–H and O–H groups in total. The molecule has 1 aromatic rings. The van der Waals surface area contributed by atoms with Gasteiger partial charge in [0.15, 0.2) is 0 Å². The Hall–Kier alpha value is -0.630. The second-order valence-electron chi connectivity index (χ2n) is 4.51. The number of anilines is 2. The maximum Gasteiger partial charge on any atom is 0.227 e. The van der Waals surface area contributed by atoms with Crippen molar-refractivity contribution in [3.05, 3.63) is 9.26 Å². The van der Waals surface area contributed by atoms with Crippen LogP contribution in [0.1, 0.15) is 26.0 Å². The average molecular weight is 376 g/mol. The molecular formula is C13H21IN4O. The lowest BCUT2D eigenvalue weighted by Gasteiger charge is -2.27. The van der Waals surface area contributed by atoms with Crippen LogP contribution < -0.4 is 10.2 Å². The van der Waals surface area contributed by atoms with E-state index >= 15 is 0 Å². The van der Waals surface area contributed by atoms with E-state index in [0.717, 1.165) is 66.7 Å². The van der Waals surface area contributed by atoms with Gasteiger partial charge in [-0.25, -0.2) is 4.98 Å². The zero-order valence-corrected chi connectivity index (χ0v) is 13.7. The Morgan fingerprint density at radius 1 is 1.26 bits per heavy atom. The molecule has 2 heterocycles. The van der Waals surface area contributed by atoms with Gasteiger partial charge in [-0.05, 0) is 35.9 Å². The van der Waals surface area contributed by atoms with Crippen molar-refractivity contribution in [3.8, 4) is 0 Å². The van der Waals surface area contributed by atoms with E-state index in [0.29, 0.717) is 0 Å². The molecule has 0 atom stereocenters. The summed E-state index contributed by atoms with van der Waals surface area (Å²) in [6.07, 6.45) is 2.09. The number of aryl methyl sites for hydroxylation is 1. The van der Waals surface area contributed by atoms with Crippen molar-refractivity contribution in [1.82, 2.24) is 9.97 Å². The molecule has 106 valence electrons. The van der Waals surface area contributed by atoms with Gasteiger partial charge in [-0.1, -0.05) is 13.3 Å². The van der Waals surface area contributed by atoms with Crippen LogP contribution >= 0.6 is 22.6 Å². The Morgan fingerprint density at radius 2 is 2.00 bits per heavy atom. The highest BCUT2D eigenvalue weighted by Crippen LogP contribution is 2.24. The summed E-state index contributed by atoms with van der Waals surface area (Å²) in [6, 6.07) is 0. The molecule has 6 heteroatoms. The Bertz CT molecular complexity index is 394. The Balaban J connectivity index is 2.30. The van der Waals surface area contributed by atoms with E-state index in [1.807, 2.05) is 0 Å². The van der Waals surface area contributed by atoms with Gasteiger partial charge in [0.25, 0.3) is 0 Å². The largest absolute Gasteiger partial charge is 0.378 e. The number of rotatable bonds is 5. The summed E-state index contributed by atoms with van der Waals surface area (Å²) in [7, 11) is 0. The fraction of sp³-hybridized carbons (Fsp3) is 0.692. The van der Waals surface area contributed by atoms with Gasteiger partial charge in [-0.2, -0.15) is 4.98 Å². The number of hydrogen-bond acceptors (Lipinski definition) is 5. The van der Waals surface area contributed by atoms with Crippen LogP contribution in [0.15, 0.2) is 0 Å². The highest BCUT2D eigenvalue weighted by Gasteiger charge is 2.18. The van der Waals surface area contributed by atoms with Crippen LogP contribution in [0.5, 0.6) is 0 Å². The van der Waals surface area contributed by atoms with Crippen LogP contribution in [-0.2, 0) is 11.2 Å². The van der Waals surface area contributed by atoms with Crippen molar-refractivity contribution in [3.63, 3.8) is 0 Å². The maximum absolute atomic E-state index is 5.39. The Kier molecular flexibility index (Phi) is 5.62. The predicted molar refractivity (Wildman–Crippen MR) is 85.9 cm³/mol. The number of ether oxygens (including phenoxy) is 1. The summed E-state index contributed by atoms with van der Waals surface area (Å²) >= 11 is 2.34. The third kappa shape index (κ3) is 3.68. The molecule has 1 saturated heterocycles. The molecule has 0 aromatic carbocycles. The fourth-order valence-corrected chi connectivity index (χ4v) is 2.77. The van der Waals surface area contributed by atoms with Crippen LogP contribution in [0.4, 0.5) is 11.8 Å². The zero-order chi connectivity index (χ0) is 13.7. The van der Waals surface area contributed by atoms with Gasteiger partial charge in [0.1, 0.15) is 5.82 Å². The molecule has 19 heavy (non-hydrogen) atoms. The van der Waals surface area contributed by atoms with Crippen molar-refractivity contribution in [1.29, 1.82) is 0 Å². The van der Waals surface area contributed by atoms with E-state index in [1.165, 1.54) is 0 Å². The molecule has 5 nitrogen and oxygen atoms in total. The lowest BCUT2D eigenvalue weighted by Crippen LogP contribution is -2.37. The van der Waals surface area contributed by atoms with Crippen LogP contribution in [0.3, 0.4) is 0 Å². The molecule has 0 saturated carbocycles. The van der Waals surface area contributed by atoms with E-state index in [9.17, 15) is 0 Å². The van der Waals surface area contributed by atoms with Gasteiger partial charge >= 0.3 is 0 Å². The topological polar surface area (TPSA) is 50.3 Å². The van der Waals surface area contributed by atoms with Gasteiger partial charge < -0.3 is 15.0 Å². The minimum Gasteiger partial charge on any atom is -0.378 e. The molecule has 0 radical (unpaired) electrons. The first-order valence-electron chi connectivity index (χ1n) is 6.89. The van der Waals surface area contributed by atoms with Gasteiger partial charge in [0.2, 0.25) is 5.95 Å². The summed E-state index contributed by atoms with van der Waals surface area (Å²) in [6.45, 7) is 8.41. The summed E-state index contributed by atoms with van der Waals surface area (Å²) in [4.78, 5) is 11.6. The standard InChI is InChI=1S/C13H21IN4O/c1-3-5-10-11(14)12(15-4-2)17-13(16-10)18-6-8-19-9-7-18/h3-9H2,1-2H3,(H,15,16,17). The minimum atomic E-state index is 0.759. The third-order valence-electron chi connectivity index (χ3n) is 3.03. The number of nitrogens with zero attached hydrogens (tertiary/aromatic N) is 3. The second-order valence-corrected chi connectivity index (χ2v) is 5.59. The smallest absolute Gasteiger partial charge is 0.227 e. The lowest BCUT2D eigenvalue weighted by molar-refractivity contribution is 0.122. The van der Waals surface area contributed by atoms with Gasteiger partial charge in [-0.3, -0.25) is 0 Å². The summed E-state index contributed by atoms with van der Waals surface area (Å²) in [5.74, 6) is 1.80. The first kappa shape index (κ1) is 14.8. The summed E-state index contributed by atoms with van der Waals surface area (Å²) in [5, 5.41) is 3.34. The average Bonchev–Trinajstić information content (AvgIpc) is 2.44. The van der Waals surface area contributed by atoms with E-state index in [-0.39, 0.29) is 0 Å². The third-order valence-corrected chi connectivity index (χ3v) is 4.17. The molecular weight excluding hydrogens is 355 g/mol. The Labute approximate surface area is 128 Å². The summed E-state index contributed by atoms with van der Waals surface area (Å²) < 4.78 is 6.54. The van der Waals surface area contributed by atoms with Crippen LogP contribution in [0, 0.1) is 3.57 Å². The van der Waals surface area contributed by atoms with Gasteiger partial charge in [0, 0.05) is 19.6 Å². The monoisotopic (exact) mass is 376 g/mol. The molecule has 1 aliphatic heterocycles. The molecule has 0 spiro atoms. The van der Waals surface area contributed by atoms with Crippen molar-refractivity contribution in [2.45, 2.75) is 26.7 Å². The number of halogens is 1. The highest BCUT2D eigenvalue weighted by molar-refractivity contribution is 14.1. The SMILES string of the molecule is CCCc1nc(N2CCOCC2)nc(NCC)c1I. The second kappa shape index (κ2) is 7.23. The molecule has 1 aliphatic rings. The fourth-order valence-electron chi connectivity index (χ4n) is 2.07. The van der Waals surface area contributed by atoms with E-state index in [4.69, 9.17) is 9.72 Å². The van der Waals surface area contributed by atoms with Crippen molar-refractivity contribution >= 4 is 34.4 Å². The molecule has 0 bridgehead atoms. The first-order chi connectivity index (χ1) is 9.26. The Morgan fingerprint density at radius 3 is 2.63 bits per heavy atom. The van der Waals surface area contributed by atoms with Crippen molar-refractivity contribution < 1.29 is 4.74 Å². The van der Waals surface area contributed by atoms with E-state index in [1.54, 1.807) is 0 Å². The van der Waals surface area contributed by atoms with Crippen molar-refractivity contribution in [2.24, 2.45) is 0 Å². The van der Waals surface area contributed by atoms with Crippen LogP contribution in [0.25, 0.3) is 0 Å².